The fourth-order valence-corrected chi connectivity index (χ4v) is 2.83. The molecule has 0 aliphatic carbocycles. The maximum absolute atomic E-state index is 12.7. The van der Waals surface area contributed by atoms with Crippen molar-refractivity contribution in [1.82, 2.24) is 4.90 Å². The number of benzene rings is 2. The van der Waals surface area contributed by atoms with Gasteiger partial charge in [-0.1, -0.05) is 29.8 Å². The Morgan fingerprint density at radius 3 is 2.44 bits per heavy atom. The number of hydrogen-bond acceptors (Lipinski definition) is 4. The van der Waals surface area contributed by atoms with Crippen molar-refractivity contribution in [3.8, 4) is 5.75 Å². The van der Waals surface area contributed by atoms with E-state index < -0.39 is 0 Å². The van der Waals surface area contributed by atoms with Crippen molar-refractivity contribution in [2.75, 3.05) is 19.0 Å². The van der Waals surface area contributed by atoms with Crippen LogP contribution in [0.1, 0.15) is 12.5 Å². The number of carbonyl (C=O) groups is 2. The Morgan fingerprint density at radius 1 is 1.08 bits per heavy atom. The molecule has 2 aromatic carbocycles. The molecule has 0 spiro atoms. The summed E-state index contributed by atoms with van der Waals surface area (Å²) in [6, 6.07) is 14.0. The van der Waals surface area contributed by atoms with Gasteiger partial charge in [0, 0.05) is 23.3 Å². The molecule has 0 atom stereocenters. The second-order valence-electron chi connectivity index (χ2n) is 5.47. The Labute approximate surface area is 150 Å². The van der Waals surface area contributed by atoms with Crippen LogP contribution in [0.3, 0.4) is 0 Å². The molecule has 1 N–H and O–H groups in total. The summed E-state index contributed by atoms with van der Waals surface area (Å²) in [6.45, 7) is 2.07. The number of nitrogens with one attached hydrogen (secondary N) is 1. The van der Waals surface area contributed by atoms with E-state index in [9.17, 15) is 9.59 Å². The number of halogens is 1. The molecule has 2 amide bonds. The Kier molecular flexibility index (Phi) is 4.76. The van der Waals surface area contributed by atoms with Gasteiger partial charge in [-0.2, -0.15) is 0 Å². The minimum Gasteiger partial charge on any atom is -0.497 e. The highest BCUT2D eigenvalue weighted by Gasteiger charge is 2.38. The lowest BCUT2D eigenvalue weighted by Crippen LogP contribution is -2.32. The van der Waals surface area contributed by atoms with E-state index in [4.69, 9.17) is 16.3 Å². The zero-order valence-corrected chi connectivity index (χ0v) is 14.6. The lowest BCUT2D eigenvalue weighted by molar-refractivity contribution is -0.136. The predicted octanol–water partition coefficient (Wildman–Crippen LogP) is 3.56. The number of hydrogen-bond donors (Lipinski definition) is 1. The van der Waals surface area contributed by atoms with Gasteiger partial charge in [-0.15, -0.1) is 0 Å². The van der Waals surface area contributed by atoms with Gasteiger partial charge in [-0.05, 0) is 36.8 Å². The second kappa shape index (κ2) is 6.99. The van der Waals surface area contributed by atoms with Crippen LogP contribution in [0.5, 0.6) is 5.75 Å². The molecule has 6 heteroatoms. The fourth-order valence-electron chi connectivity index (χ4n) is 2.71. The summed E-state index contributed by atoms with van der Waals surface area (Å²) >= 11 is 5.93. The van der Waals surface area contributed by atoms with Crippen molar-refractivity contribution in [1.29, 1.82) is 0 Å². The van der Waals surface area contributed by atoms with Crippen LogP contribution in [0, 0.1) is 0 Å². The fraction of sp³-hybridized carbons (Fsp3) is 0.158. The molecule has 0 saturated heterocycles. The zero-order chi connectivity index (χ0) is 18.0. The van der Waals surface area contributed by atoms with E-state index in [1.807, 2.05) is 6.07 Å². The molecular weight excluding hydrogens is 340 g/mol. The van der Waals surface area contributed by atoms with E-state index in [0.717, 1.165) is 0 Å². The van der Waals surface area contributed by atoms with Crippen molar-refractivity contribution < 1.29 is 14.3 Å². The van der Waals surface area contributed by atoms with Crippen molar-refractivity contribution >= 4 is 34.7 Å². The van der Waals surface area contributed by atoms with Crippen LogP contribution in [0.15, 0.2) is 54.2 Å². The van der Waals surface area contributed by atoms with E-state index in [1.165, 1.54) is 4.90 Å². The highest BCUT2D eigenvalue weighted by Crippen LogP contribution is 2.31. The van der Waals surface area contributed by atoms with E-state index in [-0.39, 0.29) is 17.5 Å². The SMILES string of the molecule is CCN1C(=O)C(Nc2cccc(OC)c2)=C(c2ccc(Cl)cc2)C1=O. The maximum Gasteiger partial charge on any atom is 0.278 e. The molecule has 0 bridgehead atoms. The van der Waals surface area contributed by atoms with Gasteiger partial charge in [0.1, 0.15) is 11.4 Å². The van der Waals surface area contributed by atoms with Crippen molar-refractivity contribution in [2.24, 2.45) is 0 Å². The number of likely N-dealkylation sites (N-methyl/N-ethyl adjacent to an activating group) is 1. The summed E-state index contributed by atoms with van der Waals surface area (Å²) in [6.07, 6.45) is 0. The van der Waals surface area contributed by atoms with Crippen molar-refractivity contribution in [3.05, 3.63) is 64.8 Å². The number of carbonyl (C=O) groups excluding carboxylic acids is 2. The number of anilines is 1. The molecule has 128 valence electrons. The topological polar surface area (TPSA) is 58.6 Å². The van der Waals surface area contributed by atoms with Crippen LogP contribution in [0.2, 0.25) is 5.02 Å². The number of methoxy groups -OCH3 is 1. The number of nitrogens with zero attached hydrogens (tertiary/aromatic N) is 1. The van der Waals surface area contributed by atoms with Crippen LogP contribution < -0.4 is 10.1 Å². The lowest BCUT2D eigenvalue weighted by atomic mass is 10.0. The van der Waals surface area contributed by atoms with Gasteiger partial charge in [0.2, 0.25) is 0 Å². The molecule has 25 heavy (non-hydrogen) atoms. The van der Waals surface area contributed by atoms with Crippen LogP contribution in [0.4, 0.5) is 5.69 Å². The average molecular weight is 357 g/mol. The molecule has 1 aliphatic rings. The quantitative estimate of drug-likeness (QED) is 0.832. The van der Waals surface area contributed by atoms with E-state index in [1.54, 1.807) is 56.5 Å². The van der Waals surface area contributed by atoms with Crippen molar-refractivity contribution in [2.45, 2.75) is 6.92 Å². The van der Waals surface area contributed by atoms with Gasteiger partial charge < -0.3 is 10.1 Å². The molecule has 1 heterocycles. The third kappa shape index (κ3) is 3.23. The summed E-state index contributed by atoms with van der Waals surface area (Å²) in [4.78, 5) is 26.6. The first-order chi connectivity index (χ1) is 12.0. The minimum atomic E-state index is -0.347. The first-order valence-electron chi connectivity index (χ1n) is 7.82. The molecule has 0 aromatic heterocycles. The van der Waals surface area contributed by atoms with Gasteiger partial charge in [0.15, 0.2) is 0 Å². The molecule has 5 nitrogen and oxygen atoms in total. The standard InChI is InChI=1S/C19H17ClN2O3/c1-3-22-18(23)16(12-7-9-13(20)10-8-12)17(19(22)24)21-14-5-4-6-15(11-14)25-2/h4-11,21H,3H2,1-2H3. The Morgan fingerprint density at radius 2 is 1.80 bits per heavy atom. The van der Waals surface area contributed by atoms with Crippen LogP contribution >= 0.6 is 11.6 Å². The van der Waals surface area contributed by atoms with Crippen LogP contribution in [0.25, 0.3) is 5.57 Å². The van der Waals surface area contributed by atoms with Crippen LogP contribution in [-0.4, -0.2) is 30.4 Å². The smallest absolute Gasteiger partial charge is 0.278 e. The van der Waals surface area contributed by atoms with Crippen molar-refractivity contribution in [3.63, 3.8) is 0 Å². The van der Waals surface area contributed by atoms with E-state index in [2.05, 4.69) is 5.32 Å². The van der Waals surface area contributed by atoms with Gasteiger partial charge in [0.25, 0.3) is 11.8 Å². The molecule has 0 fully saturated rings. The molecule has 3 rings (SSSR count). The van der Waals surface area contributed by atoms with Crippen LogP contribution in [-0.2, 0) is 9.59 Å². The summed E-state index contributed by atoms with van der Waals surface area (Å²) in [5, 5.41) is 3.64. The molecule has 2 aromatic rings. The largest absolute Gasteiger partial charge is 0.497 e. The molecule has 0 saturated carbocycles. The second-order valence-corrected chi connectivity index (χ2v) is 5.90. The number of amides is 2. The third-order valence-electron chi connectivity index (χ3n) is 3.96. The summed E-state index contributed by atoms with van der Waals surface area (Å²) in [5.41, 5.74) is 1.90. The van der Waals surface area contributed by atoms with E-state index in [0.29, 0.717) is 34.1 Å². The molecule has 0 unspecified atom stereocenters. The predicted molar refractivity (Wildman–Crippen MR) is 97.4 cm³/mol. The number of rotatable bonds is 5. The Bertz CT molecular complexity index is 859. The van der Waals surface area contributed by atoms with E-state index >= 15 is 0 Å². The minimum absolute atomic E-state index is 0.252. The maximum atomic E-state index is 12.7. The zero-order valence-electron chi connectivity index (χ0n) is 13.9. The monoisotopic (exact) mass is 356 g/mol. The lowest BCUT2D eigenvalue weighted by Gasteiger charge is -2.12. The van der Waals surface area contributed by atoms with Gasteiger partial charge >= 0.3 is 0 Å². The first-order valence-corrected chi connectivity index (χ1v) is 8.20. The Hall–Kier alpha value is -2.79. The molecular formula is C19H17ClN2O3. The van der Waals surface area contributed by atoms with Gasteiger partial charge in [-0.25, -0.2) is 0 Å². The highest BCUT2D eigenvalue weighted by molar-refractivity contribution is 6.36. The third-order valence-corrected chi connectivity index (χ3v) is 4.21. The summed E-state index contributed by atoms with van der Waals surface area (Å²) < 4.78 is 5.20. The summed E-state index contributed by atoms with van der Waals surface area (Å²) in [7, 11) is 1.57. The normalized spacial score (nSPS) is 14.3. The average Bonchev–Trinajstić information content (AvgIpc) is 2.86. The first kappa shape index (κ1) is 17.0. The molecule has 1 aliphatic heterocycles. The summed E-state index contributed by atoms with van der Waals surface area (Å²) in [5.74, 6) is -0.0109. The van der Waals surface area contributed by atoms with Gasteiger partial charge in [-0.3, -0.25) is 14.5 Å². The number of imide groups is 1. The number of ether oxygens (including phenoxy) is 1. The molecule has 0 radical (unpaired) electrons. The highest BCUT2D eigenvalue weighted by atomic mass is 35.5. The van der Waals surface area contributed by atoms with Gasteiger partial charge in [0.05, 0.1) is 12.7 Å². The Balaban J connectivity index is 2.07.